The van der Waals surface area contributed by atoms with E-state index in [9.17, 15) is 22.7 Å². The first kappa shape index (κ1) is 19.6. The summed E-state index contributed by atoms with van der Waals surface area (Å²) < 4.78 is 61.2. The van der Waals surface area contributed by atoms with Crippen molar-refractivity contribution in [1.29, 1.82) is 0 Å². The number of hydrogen-bond donors (Lipinski definition) is 1. The van der Waals surface area contributed by atoms with E-state index in [-0.39, 0.29) is 13.0 Å². The SMILES string of the molecule is OC(Cc1ccnc2ccccc12)(CC1CCOc2ccc(F)cc21)C(F)(F)F. The van der Waals surface area contributed by atoms with Gasteiger partial charge in [-0.1, -0.05) is 18.2 Å². The number of rotatable bonds is 4. The number of para-hydroxylation sites is 1. The van der Waals surface area contributed by atoms with Gasteiger partial charge in [-0.05, 0) is 54.7 Å². The highest BCUT2D eigenvalue weighted by Crippen LogP contribution is 2.45. The van der Waals surface area contributed by atoms with Crippen LogP contribution in [0.4, 0.5) is 17.6 Å². The van der Waals surface area contributed by atoms with E-state index in [1.165, 1.54) is 30.5 Å². The van der Waals surface area contributed by atoms with E-state index in [2.05, 4.69) is 4.98 Å². The number of fused-ring (bicyclic) bond motifs is 2. The maximum atomic E-state index is 14.0. The van der Waals surface area contributed by atoms with Crippen molar-refractivity contribution < 1.29 is 27.4 Å². The molecule has 1 aliphatic heterocycles. The molecular weight excluding hydrogens is 386 g/mol. The Hall–Kier alpha value is -2.67. The summed E-state index contributed by atoms with van der Waals surface area (Å²) in [6.45, 7) is 0.218. The van der Waals surface area contributed by atoms with Crippen molar-refractivity contribution in [2.75, 3.05) is 6.61 Å². The van der Waals surface area contributed by atoms with Crippen LogP contribution in [0.5, 0.6) is 5.75 Å². The molecule has 0 saturated heterocycles. The summed E-state index contributed by atoms with van der Waals surface area (Å²) in [5.74, 6) is -0.856. The first-order chi connectivity index (χ1) is 13.8. The molecule has 29 heavy (non-hydrogen) atoms. The van der Waals surface area contributed by atoms with Crippen LogP contribution in [0.3, 0.4) is 0 Å². The van der Waals surface area contributed by atoms with Gasteiger partial charge in [0.15, 0.2) is 5.60 Å². The third kappa shape index (κ3) is 3.79. The van der Waals surface area contributed by atoms with Gasteiger partial charge >= 0.3 is 6.18 Å². The normalized spacial score (nSPS) is 18.7. The molecule has 3 aromatic rings. The van der Waals surface area contributed by atoms with Crippen LogP contribution >= 0.6 is 0 Å². The van der Waals surface area contributed by atoms with E-state index < -0.39 is 36.4 Å². The van der Waals surface area contributed by atoms with E-state index in [1.807, 2.05) is 0 Å². The predicted molar refractivity (Wildman–Crippen MR) is 100 cm³/mol. The Kier molecular flexibility index (Phi) is 4.94. The molecule has 2 aromatic carbocycles. The van der Waals surface area contributed by atoms with Crippen molar-refractivity contribution in [2.24, 2.45) is 0 Å². The smallest absolute Gasteiger partial charge is 0.417 e. The van der Waals surface area contributed by atoms with E-state index >= 15 is 0 Å². The van der Waals surface area contributed by atoms with Crippen LogP contribution in [0.1, 0.15) is 29.9 Å². The van der Waals surface area contributed by atoms with Gasteiger partial charge in [-0.2, -0.15) is 13.2 Å². The zero-order valence-electron chi connectivity index (χ0n) is 15.4. The number of pyridine rings is 1. The Morgan fingerprint density at radius 3 is 2.69 bits per heavy atom. The van der Waals surface area contributed by atoms with E-state index in [4.69, 9.17) is 4.74 Å². The summed E-state index contributed by atoms with van der Waals surface area (Å²) in [5, 5.41) is 11.4. The predicted octanol–water partition coefficient (Wildman–Crippen LogP) is 5.17. The second kappa shape index (κ2) is 7.30. The van der Waals surface area contributed by atoms with Crippen LogP contribution in [-0.4, -0.2) is 28.5 Å². The van der Waals surface area contributed by atoms with Gasteiger partial charge in [0.25, 0.3) is 0 Å². The zero-order valence-corrected chi connectivity index (χ0v) is 15.4. The number of hydrogen-bond acceptors (Lipinski definition) is 3. The molecule has 4 rings (SSSR count). The number of aromatic nitrogens is 1. The lowest BCUT2D eigenvalue weighted by molar-refractivity contribution is -0.264. The van der Waals surface area contributed by atoms with Crippen molar-refractivity contribution in [3.05, 3.63) is 71.7 Å². The summed E-state index contributed by atoms with van der Waals surface area (Å²) in [6.07, 6.45) is -4.34. The van der Waals surface area contributed by atoms with Crippen LogP contribution in [0.25, 0.3) is 10.9 Å². The quantitative estimate of drug-likeness (QED) is 0.610. The molecule has 0 radical (unpaired) electrons. The first-order valence-electron chi connectivity index (χ1n) is 9.31. The molecule has 1 N–H and O–H groups in total. The van der Waals surface area contributed by atoms with E-state index in [0.29, 0.717) is 27.8 Å². The van der Waals surface area contributed by atoms with E-state index in [1.54, 1.807) is 24.3 Å². The average molecular weight is 405 g/mol. The Bertz CT molecular complexity index is 1030. The highest BCUT2D eigenvalue weighted by molar-refractivity contribution is 5.81. The van der Waals surface area contributed by atoms with E-state index in [0.717, 1.165) is 0 Å². The third-order valence-electron chi connectivity index (χ3n) is 5.47. The van der Waals surface area contributed by atoms with Crippen molar-refractivity contribution >= 4 is 10.9 Å². The number of nitrogens with zero attached hydrogens (tertiary/aromatic N) is 1. The van der Waals surface area contributed by atoms with Gasteiger partial charge in [-0.3, -0.25) is 4.98 Å². The summed E-state index contributed by atoms with van der Waals surface area (Å²) in [7, 11) is 0. The van der Waals surface area contributed by atoms with Crippen LogP contribution in [0, 0.1) is 5.82 Å². The molecule has 1 aromatic heterocycles. The van der Waals surface area contributed by atoms with Crippen molar-refractivity contribution in [1.82, 2.24) is 4.98 Å². The Balaban J connectivity index is 1.71. The number of halogens is 4. The maximum absolute atomic E-state index is 14.0. The topological polar surface area (TPSA) is 42.4 Å². The average Bonchev–Trinajstić information content (AvgIpc) is 2.68. The molecule has 2 atom stereocenters. The summed E-state index contributed by atoms with van der Waals surface area (Å²) in [6, 6.07) is 12.2. The van der Waals surface area contributed by atoms with Crippen molar-refractivity contribution in [3.8, 4) is 5.75 Å². The Morgan fingerprint density at radius 1 is 1.10 bits per heavy atom. The lowest BCUT2D eigenvalue weighted by atomic mass is 9.79. The van der Waals surface area contributed by atoms with Crippen molar-refractivity contribution in [2.45, 2.75) is 37.0 Å². The lowest BCUT2D eigenvalue weighted by Gasteiger charge is -2.36. The van der Waals surface area contributed by atoms with Gasteiger partial charge in [0.2, 0.25) is 0 Å². The van der Waals surface area contributed by atoms with Gasteiger partial charge in [-0.15, -0.1) is 0 Å². The van der Waals surface area contributed by atoms with Crippen LogP contribution in [0.15, 0.2) is 54.7 Å². The molecular formula is C22H19F4NO2. The molecule has 1 aliphatic rings. The fourth-order valence-electron chi connectivity index (χ4n) is 3.97. The highest BCUT2D eigenvalue weighted by atomic mass is 19.4. The largest absolute Gasteiger partial charge is 0.493 e. The minimum absolute atomic E-state index is 0.218. The summed E-state index contributed by atoms with van der Waals surface area (Å²) >= 11 is 0. The molecule has 0 saturated carbocycles. The molecule has 2 unspecified atom stereocenters. The molecule has 0 fully saturated rings. The van der Waals surface area contributed by atoms with Crippen LogP contribution < -0.4 is 4.74 Å². The first-order valence-corrected chi connectivity index (χ1v) is 9.31. The third-order valence-corrected chi connectivity index (χ3v) is 5.47. The van der Waals surface area contributed by atoms with Gasteiger partial charge < -0.3 is 9.84 Å². The van der Waals surface area contributed by atoms with Crippen LogP contribution in [0.2, 0.25) is 0 Å². The Labute approximate surface area is 165 Å². The van der Waals surface area contributed by atoms with Crippen molar-refractivity contribution in [3.63, 3.8) is 0 Å². The van der Waals surface area contributed by atoms with Crippen LogP contribution in [-0.2, 0) is 6.42 Å². The van der Waals surface area contributed by atoms with Gasteiger partial charge in [0.1, 0.15) is 11.6 Å². The second-order valence-electron chi connectivity index (χ2n) is 7.41. The number of alkyl halides is 3. The fourth-order valence-corrected chi connectivity index (χ4v) is 3.97. The molecule has 2 heterocycles. The Morgan fingerprint density at radius 2 is 1.90 bits per heavy atom. The number of aliphatic hydroxyl groups is 1. The molecule has 152 valence electrons. The molecule has 0 spiro atoms. The number of benzene rings is 2. The van der Waals surface area contributed by atoms with Gasteiger partial charge in [0.05, 0.1) is 12.1 Å². The van der Waals surface area contributed by atoms with Gasteiger partial charge in [0, 0.05) is 23.6 Å². The minimum Gasteiger partial charge on any atom is -0.493 e. The number of ether oxygens (including phenoxy) is 1. The second-order valence-corrected chi connectivity index (χ2v) is 7.41. The molecule has 0 aliphatic carbocycles. The zero-order chi connectivity index (χ0) is 20.6. The molecule has 0 bridgehead atoms. The molecule has 3 nitrogen and oxygen atoms in total. The highest BCUT2D eigenvalue weighted by Gasteiger charge is 2.54. The summed E-state index contributed by atoms with van der Waals surface area (Å²) in [4.78, 5) is 4.17. The molecule has 0 amide bonds. The minimum atomic E-state index is -4.86. The van der Waals surface area contributed by atoms with Gasteiger partial charge in [-0.25, -0.2) is 4.39 Å². The maximum Gasteiger partial charge on any atom is 0.417 e. The lowest BCUT2D eigenvalue weighted by Crippen LogP contribution is -2.48. The summed E-state index contributed by atoms with van der Waals surface area (Å²) in [5.41, 5.74) is -1.68. The molecule has 7 heteroatoms. The fraction of sp³-hybridized carbons (Fsp3) is 0.318. The standard InChI is InChI=1S/C22H19F4NO2/c23-16-5-6-20-18(11-16)15(8-10-29-20)13-21(28,22(24,25)26)12-14-7-9-27-19-4-2-1-3-17(14)19/h1-7,9,11,15,28H,8,10,12-13H2. The monoisotopic (exact) mass is 405 g/mol.